The number of rotatable bonds is 4. The minimum atomic E-state index is -0.456. The number of ether oxygens (including phenoxy) is 1. The van der Waals surface area contributed by atoms with E-state index < -0.39 is 6.10 Å². The van der Waals surface area contributed by atoms with Gasteiger partial charge in [-0.25, -0.2) is 4.68 Å². The van der Waals surface area contributed by atoms with Crippen molar-refractivity contribution in [3.8, 4) is 5.69 Å². The summed E-state index contributed by atoms with van der Waals surface area (Å²) in [6, 6.07) is 7.48. The molecule has 3 rings (SSSR count). The smallest absolute Gasteiger partial charge is 0.254 e. The molecular formula is C17H21ClN4O2. The lowest BCUT2D eigenvalue weighted by Crippen LogP contribution is -2.46. The fourth-order valence-corrected chi connectivity index (χ4v) is 2.98. The highest BCUT2D eigenvalue weighted by Gasteiger charge is 2.26. The van der Waals surface area contributed by atoms with Gasteiger partial charge >= 0.3 is 0 Å². The molecule has 128 valence electrons. The molecule has 1 aromatic heterocycles. The van der Waals surface area contributed by atoms with Crippen LogP contribution in [0.25, 0.3) is 5.69 Å². The van der Waals surface area contributed by atoms with Crippen LogP contribution in [0.2, 0.25) is 5.02 Å². The Bertz CT molecular complexity index is 731. The van der Waals surface area contributed by atoms with Gasteiger partial charge in [-0.05, 0) is 31.7 Å². The number of halogens is 1. The van der Waals surface area contributed by atoms with Gasteiger partial charge in [0.1, 0.15) is 6.10 Å². The molecule has 0 radical (unpaired) electrons. The van der Waals surface area contributed by atoms with E-state index in [9.17, 15) is 4.79 Å². The molecule has 7 heteroatoms. The Labute approximate surface area is 146 Å². The van der Waals surface area contributed by atoms with Gasteiger partial charge < -0.3 is 15.0 Å². The van der Waals surface area contributed by atoms with Crippen molar-refractivity contribution in [2.45, 2.75) is 19.4 Å². The molecule has 1 amide bonds. The molecule has 0 spiro atoms. The van der Waals surface area contributed by atoms with Crippen molar-refractivity contribution in [2.24, 2.45) is 0 Å². The molecule has 1 aliphatic heterocycles. The summed E-state index contributed by atoms with van der Waals surface area (Å²) in [5.41, 5.74) is 2.50. The molecule has 1 aromatic carbocycles. The summed E-state index contributed by atoms with van der Waals surface area (Å²) >= 11 is 6.06. The minimum Gasteiger partial charge on any atom is -0.366 e. The number of amides is 1. The molecule has 1 unspecified atom stereocenters. The van der Waals surface area contributed by atoms with Gasteiger partial charge in [0.15, 0.2) is 0 Å². The number of nitrogens with one attached hydrogen (secondary N) is 1. The quantitative estimate of drug-likeness (QED) is 0.921. The molecule has 24 heavy (non-hydrogen) atoms. The van der Waals surface area contributed by atoms with Crippen molar-refractivity contribution >= 4 is 23.2 Å². The number of anilines is 1. The number of morpholine rings is 1. The van der Waals surface area contributed by atoms with E-state index in [2.05, 4.69) is 15.3 Å². The van der Waals surface area contributed by atoms with Crippen LogP contribution >= 0.6 is 11.6 Å². The summed E-state index contributed by atoms with van der Waals surface area (Å²) in [5, 5.41) is 8.00. The molecule has 1 aliphatic rings. The molecule has 0 saturated carbocycles. The molecule has 2 heterocycles. The van der Waals surface area contributed by atoms with Crippen LogP contribution in [0.1, 0.15) is 12.6 Å². The van der Waals surface area contributed by atoms with Crippen LogP contribution in [0.3, 0.4) is 0 Å². The third-order valence-corrected chi connectivity index (χ3v) is 4.31. The first kappa shape index (κ1) is 17.0. The Balaban J connectivity index is 1.80. The van der Waals surface area contributed by atoms with Gasteiger partial charge in [-0.15, -0.1) is 0 Å². The van der Waals surface area contributed by atoms with Crippen LogP contribution in [-0.4, -0.2) is 53.4 Å². The van der Waals surface area contributed by atoms with E-state index in [1.54, 1.807) is 10.9 Å². The van der Waals surface area contributed by atoms with E-state index in [0.29, 0.717) is 23.9 Å². The second kappa shape index (κ2) is 7.34. The first-order valence-electron chi connectivity index (χ1n) is 8.02. The van der Waals surface area contributed by atoms with Crippen molar-refractivity contribution in [1.29, 1.82) is 0 Å². The Morgan fingerprint density at radius 2 is 2.33 bits per heavy atom. The summed E-state index contributed by atoms with van der Waals surface area (Å²) < 4.78 is 7.37. The average Bonchev–Trinajstić information content (AvgIpc) is 2.97. The lowest BCUT2D eigenvalue weighted by Gasteiger charge is -2.29. The van der Waals surface area contributed by atoms with Gasteiger partial charge in [0.25, 0.3) is 5.91 Å². The molecule has 1 atom stereocenters. The highest BCUT2D eigenvalue weighted by Crippen LogP contribution is 2.22. The minimum absolute atomic E-state index is 0.137. The highest BCUT2D eigenvalue weighted by molar-refractivity contribution is 6.30. The number of carbonyl (C=O) groups is 1. The van der Waals surface area contributed by atoms with Crippen molar-refractivity contribution in [1.82, 2.24) is 14.7 Å². The molecule has 6 nitrogen and oxygen atoms in total. The van der Waals surface area contributed by atoms with Crippen molar-refractivity contribution in [2.75, 3.05) is 32.1 Å². The van der Waals surface area contributed by atoms with E-state index in [1.165, 1.54) is 0 Å². The van der Waals surface area contributed by atoms with Gasteiger partial charge in [0, 0.05) is 18.1 Å². The Morgan fingerprint density at radius 3 is 3.04 bits per heavy atom. The van der Waals surface area contributed by atoms with Gasteiger partial charge in [-0.1, -0.05) is 24.6 Å². The molecule has 2 aromatic rings. The summed E-state index contributed by atoms with van der Waals surface area (Å²) in [7, 11) is 1.98. The highest BCUT2D eigenvalue weighted by atomic mass is 35.5. The van der Waals surface area contributed by atoms with Gasteiger partial charge in [0.2, 0.25) is 0 Å². The first-order valence-corrected chi connectivity index (χ1v) is 8.40. The maximum atomic E-state index is 12.5. The summed E-state index contributed by atoms with van der Waals surface area (Å²) in [6.45, 7) is 4.03. The molecule has 1 fully saturated rings. The average molecular weight is 349 g/mol. The first-order chi connectivity index (χ1) is 11.6. The van der Waals surface area contributed by atoms with E-state index in [4.69, 9.17) is 16.3 Å². The van der Waals surface area contributed by atoms with Crippen LogP contribution in [0, 0.1) is 0 Å². The molecule has 1 saturated heterocycles. The van der Waals surface area contributed by atoms with E-state index >= 15 is 0 Å². The van der Waals surface area contributed by atoms with E-state index in [1.807, 2.05) is 38.2 Å². The number of aromatic nitrogens is 2. The SMILES string of the molecule is CCc1c(NC(=O)C2CN(C)CCO2)cnn1-c1cccc(Cl)c1. The largest absolute Gasteiger partial charge is 0.366 e. The van der Waals surface area contributed by atoms with Gasteiger partial charge in [0.05, 0.1) is 29.9 Å². The third kappa shape index (κ3) is 3.61. The number of likely N-dealkylation sites (N-methyl/N-ethyl adjacent to an activating group) is 1. The predicted octanol–water partition coefficient (Wildman–Crippen LogP) is 2.36. The zero-order valence-corrected chi connectivity index (χ0v) is 14.6. The number of hydrogen-bond acceptors (Lipinski definition) is 4. The monoisotopic (exact) mass is 348 g/mol. The van der Waals surface area contributed by atoms with E-state index in [-0.39, 0.29) is 5.91 Å². The van der Waals surface area contributed by atoms with Crippen LogP contribution in [0.15, 0.2) is 30.5 Å². The standard InChI is InChI=1S/C17H21ClN4O2/c1-3-15-14(20-17(23)16-11-21(2)7-8-24-16)10-19-22(15)13-6-4-5-12(18)9-13/h4-6,9-10,16H,3,7-8,11H2,1-2H3,(H,20,23). The topological polar surface area (TPSA) is 59.4 Å². The third-order valence-electron chi connectivity index (χ3n) is 4.08. The summed E-state index contributed by atoms with van der Waals surface area (Å²) in [5.74, 6) is -0.137. The molecule has 1 N–H and O–H groups in total. The zero-order chi connectivity index (χ0) is 17.1. The second-order valence-electron chi connectivity index (χ2n) is 5.86. The maximum Gasteiger partial charge on any atom is 0.254 e. The summed E-state index contributed by atoms with van der Waals surface area (Å²) in [6.07, 6.45) is 1.94. The molecular weight excluding hydrogens is 328 g/mol. The lowest BCUT2D eigenvalue weighted by atomic mass is 10.2. The zero-order valence-electron chi connectivity index (χ0n) is 13.8. The van der Waals surface area contributed by atoms with Crippen LogP contribution in [0.5, 0.6) is 0 Å². The second-order valence-corrected chi connectivity index (χ2v) is 6.30. The van der Waals surface area contributed by atoms with Gasteiger partial charge in [-0.2, -0.15) is 5.10 Å². The Kier molecular flexibility index (Phi) is 5.18. The van der Waals surface area contributed by atoms with Crippen LogP contribution in [-0.2, 0) is 16.0 Å². The van der Waals surface area contributed by atoms with Crippen LogP contribution in [0.4, 0.5) is 5.69 Å². The fraction of sp³-hybridized carbons (Fsp3) is 0.412. The van der Waals surface area contributed by atoms with Crippen molar-refractivity contribution in [3.63, 3.8) is 0 Å². The Hall–Kier alpha value is -1.89. The number of hydrogen-bond donors (Lipinski definition) is 1. The predicted molar refractivity (Wildman–Crippen MR) is 93.8 cm³/mol. The number of carbonyl (C=O) groups excluding carboxylic acids is 1. The fourth-order valence-electron chi connectivity index (χ4n) is 2.80. The molecule has 0 bridgehead atoms. The maximum absolute atomic E-state index is 12.5. The number of benzene rings is 1. The molecule has 0 aliphatic carbocycles. The van der Waals surface area contributed by atoms with Crippen molar-refractivity contribution in [3.05, 3.63) is 41.2 Å². The van der Waals surface area contributed by atoms with Crippen LogP contribution < -0.4 is 5.32 Å². The Morgan fingerprint density at radius 1 is 1.50 bits per heavy atom. The number of nitrogens with zero attached hydrogens (tertiary/aromatic N) is 3. The van der Waals surface area contributed by atoms with Gasteiger partial charge in [-0.3, -0.25) is 4.79 Å². The lowest BCUT2D eigenvalue weighted by molar-refractivity contribution is -0.132. The normalized spacial score (nSPS) is 18.5. The summed E-state index contributed by atoms with van der Waals surface area (Å²) in [4.78, 5) is 14.5. The van der Waals surface area contributed by atoms with E-state index in [0.717, 1.165) is 24.3 Å². The van der Waals surface area contributed by atoms with Crippen molar-refractivity contribution < 1.29 is 9.53 Å².